The zero-order chi connectivity index (χ0) is 21.2. The first kappa shape index (κ1) is 21.1. The average Bonchev–Trinajstić information content (AvgIpc) is 3.17. The van der Waals surface area contributed by atoms with Crippen LogP contribution in [0.1, 0.15) is 31.4 Å². The zero-order valence-electron chi connectivity index (χ0n) is 15.6. The fourth-order valence-corrected chi connectivity index (χ4v) is 3.40. The number of carbonyl (C=O) groups excluding carboxylic acids is 1. The molecule has 1 atom stereocenters. The lowest BCUT2D eigenvalue weighted by Gasteiger charge is -2.36. The fourth-order valence-electron chi connectivity index (χ4n) is 3.40. The molecule has 1 aliphatic rings. The molecule has 1 aromatic carbocycles. The van der Waals surface area contributed by atoms with Crippen LogP contribution in [0.25, 0.3) is 5.69 Å². The Bertz CT molecular complexity index is 831. The molecule has 158 valence electrons. The largest absolute Gasteiger partial charge is 0.435 e. The Hall–Kier alpha value is -2.62. The van der Waals surface area contributed by atoms with Crippen molar-refractivity contribution in [2.45, 2.75) is 44.3 Å². The van der Waals surface area contributed by atoms with Crippen molar-refractivity contribution in [2.24, 2.45) is 0 Å². The third-order valence-corrected chi connectivity index (χ3v) is 5.04. The van der Waals surface area contributed by atoms with E-state index < -0.39 is 24.5 Å². The minimum absolute atomic E-state index is 0.0232. The van der Waals surface area contributed by atoms with Gasteiger partial charge in [-0.25, -0.2) is 13.5 Å². The number of aliphatic hydroxyl groups is 1. The van der Waals surface area contributed by atoms with Gasteiger partial charge in [0.15, 0.2) is 0 Å². The van der Waals surface area contributed by atoms with Crippen molar-refractivity contribution >= 4 is 5.91 Å². The molecule has 0 bridgehead atoms. The quantitative estimate of drug-likeness (QED) is 0.736. The van der Waals surface area contributed by atoms with Crippen LogP contribution < -0.4 is 4.74 Å². The van der Waals surface area contributed by atoms with Crippen molar-refractivity contribution in [1.29, 1.82) is 0 Å². The van der Waals surface area contributed by atoms with Gasteiger partial charge in [0, 0.05) is 30.9 Å². The molecule has 1 saturated heterocycles. The number of likely N-dealkylation sites (tertiary alicyclic amines) is 1. The summed E-state index contributed by atoms with van der Waals surface area (Å²) in [6.45, 7) is -1.61. The van der Waals surface area contributed by atoms with E-state index in [1.807, 2.05) is 6.07 Å². The molecular formula is C19H21F4N3O3. The molecule has 1 amide bonds. The lowest BCUT2D eigenvalue weighted by molar-refractivity contribution is -0.166. The Morgan fingerprint density at radius 2 is 1.79 bits per heavy atom. The molecule has 1 aliphatic heterocycles. The number of halogens is 4. The molecule has 29 heavy (non-hydrogen) atoms. The van der Waals surface area contributed by atoms with E-state index in [2.05, 4.69) is 9.84 Å². The molecule has 0 spiro atoms. The highest BCUT2D eigenvalue weighted by atomic mass is 19.3. The molecule has 2 aromatic rings. The minimum atomic E-state index is -3.16. The molecule has 1 aromatic heterocycles. The van der Waals surface area contributed by atoms with Crippen molar-refractivity contribution in [3.63, 3.8) is 0 Å². The van der Waals surface area contributed by atoms with Gasteiger partial charge in [-0.3, -0.25) is 4.79 Å². The first-order valence-corrected chi connectivity index (χ1v) is 9.09. The predicted octanol–water partition coefficient (Wildman–Crippen LogP) is 3.20. The number of alkyl halides is 4. The second kappa shape index (κ2) is 8.40. The van der Waals surface area contributed by atoms with Gasteiger partial charge in [-0.05, 0) is 50.1 Å². The Kier molecular flexibility index (Phi) is 6.11. The summed E-state index contributed by atoms with van der Waals surface area (Å²) in [5.41, 5.74) is -1.18. The molecule has 3 rings (SSSR count). The minimum Gasteiger partial charge on any atom is -0.435 e. The highest BCUT2D eigenvalue weighted by Gasteiger charge is 2.44. The maximum Gasteiger partial charge on any atom is 0.387 e. The van der Waals surface area contributed by atoms with Crippen molar-refractivity contribution in [2.75, 3.05) is 13.1 Å². The van der Waals surface area contributed by atoms with Gasteiger partial charge in [-0.15, -0.1) is 0 Å². The Balaban J connectivity index is 1.69. The van der Waals surface area contributed by atoms with Gasteiger partial charge < -0.3 is 14.7 Å². The van der Waals surface area contributed by atoms with Crippen LogP contribution in [0.4, 0.5) is 17.6 Å². The molecule has 6 nitrogen and oxygen atoms in total. The highest BCUT2D eigenvalue weighted by Crippen LogP contribution is 2.31. The lowest BCUT2D eigenvalue weighted by atomic mass is 9.92. The predicted molar refractivity (Wildman–Crippen MR) is 95.4 cm³/mol. The summed E-state index contributed by atoms with van der Waals surface area (Å²) in [6, 6.07) is 7.86. The number of piperidine rings is 1. The normalized spacial score (nSPS) is 17.6. The summed E-state index contributed by atoms with van der Waals surface area (Å²) < 4.78 is 56.4. The van der Waals surface area contributed by atoms with Crippen LogP contribution in [0.2, 0.25) is 0 Å². The average molecular weight is 415 g/mol. The van der Waals surface area contributed by atoms with Crippen molar-refractivity contribution in [3.8, 4) is 11.4 Å². The third-order valence-electron chi connectivity index (χ3n) is 5.04. The summed E-state index contributed by atoms with van der Waals surface area (Å²) in [6.07, 6.45) is -0.517. The standard InChI is InChI=1S/C19H21F4N3O3/c1-19(28,16(20)21)17(27)25-10-7-12(8-11-25)15-6-9-24-26(15)13-2-4-14(5-3-13)29-18(22)23/h2-6,9,12,16,18,28H,7-8,10-11H2,1H3. The van der Waals surface area contributed by atoms with Crippen LogP contribution in [0.3, 0.4) is 0 Å². The second-order valence-corrected chi connectivity index (χ2v) is 7.05. The monoisotopic (exact) mass is 415 g/mol. The van der Waals surface area contributed by atoms with E-state index in [0.717, 1.165) is 12.6 Å². The number of hydrogen-bond acceptors (Lipinski definition) is 4. The van der Waals surface area contributed by atoms with Crippen LogP contribution in [-0.4, -0.2) is 57.4 Å². The first-order valence-electron chi connectivity index (χ1n) is 9.09. The van der Waals surface area contributed by atoms with Gasteiger partial charge in [0.05, 0.1) is 5.69 Å². The van der Waals surface area contributed by atoms with Gasteiger partial charge in [-0.2, -0.15) is 13.9 Å². The number of nitrogens with zero attached hydrogens (tertiary/aromatic N) is 3. The topological polar surface area (TPSA) is 67.6 Å². The number of ether oxygens (including phenoxy) is 1. The van der Waals surface area contributed by atoms with Gasteiger partial charge in [-0.1, -0.05) is 0 Å². The van der Waals surface area contributed by atoms with Crippen molar-refractivity contribution in [1.82, 2.24) is 14.7 Å². The molecule has 1 N–H and O–H groups in total. The number of benzene rings is 1. The van der Waals surface area contributed by atoms with E-state index in [4.69, 9.17) is 0 Å². The first-order chi connectivity index (χ1) is 13.7. The summed E-state index contributed by atoms with van der Waals surface area (Å²) in [5, 5.41) is 14.0. The van der Waals surface area contributed by atoms with Gasteiger partial charge in [0.25, 0.3) is 12.3 Å². The number of hydrogen-bond donors (Lipinski definition) is 1. The van der Waals surface area contributed by atoms with E-state index in [-0.39, 0.29) is 24.8 Å². The molecular weight excluding hydrogens is 394 g/mol. The van der Waals surface area contributed by atoms with Crippen molar-refractivity contribution < 1.29 is 32.2 Å². The number of rotatable bonds is 6. The number of aromatic nitrogens is 2. The maximum absolute atomic E-state index is 12.9. The summed E-state index contributed by atoms with van der Waals surface area (Å²) in [7, 11) is 0. The third kappa shape index (κ3) is 4.52. The Morgan fingerprint density at radius 3 is 2.34 bits per heavy atom. The van der Waals surface area contributed by atoms with Crippen LogP contribution in [0.5, 0.6) is 5.75 Å². The van der Waals surface area contributed by atoms with Crippen LogP contribution in [-0.2, 0) is 4.79 Å². The fraction of sp³-hybridized carbons (Fsp3) is 0.474. The maximum atomic E-state index is 12.9. The van der Waals surface area contributed by atoms with E-state index >= 15 is 0 Å². The second-order valence-electron chi connectivity index (χ2n) is 7.05. The van der Waals surface area contributed by atoms with Gasteiger partial charge in [0.1, 0.15) is 5.75 Å². The molecule has 0 saturated carbocycles. The van der Waals surface area contributed by atoms with E-state index in [1.54, 1.807) is 23.0 Å². The van der Waals surface area contributed by atoms with E-state index in [0.29, 0.717) is 18.5 Å². The molecule has 0 radical (unpaired) electrons. The lowest BCUT2D eigenvalue weighted by Crippen LogP contribution is -2.53. The smallest absolute Gasteiger partial charge is 0.387 e. The van der Waals surface area contributed by atoms with Gasteiger partial charge >= 0.3 is 6.61 Å². The van der Waals surface area contributed by atoms with Crippen LogP contribution in [0.15, 0.2) is 36.5 Å². The summed E-state index contributed by atoms with van der Waals surface area (Å²) >= 11 is 0. The van der Waals surface area contributed by atoms with Crippen LogP contribution >= 0.6 is 0 Å². The molecule has 1 fully saturated rings. The molecule has 2 heterocycles. The number of amides is 1. The zero-order valence-corrected chi connectivity index (χ0v) is 15.6. The molecule has 10 heteroatoms. The SMILES string of the molecule is CC(O)(C(=O)N1CCC(c2ccnn2-c2ccc(OC(F)F)cc2)CC1)C(F)F. The Morgan fingerprint density at radius 1 is 1.17 bits per heavy atom. The van der Waals surface area contributed by atoms with E-state index in [1.165, 1.54) is 17.0 Å². The van der Waals surface area contributed by atoms with Crippen LogP contribution in [0, 0.1) is 0 Å². The summed E-state index contributed by atoms with van der Waals surface area (Å²) in [4.78, 5) is 13.4. The summed E-state index contributed by atoms with van der Waals surface area (Å²) in [5.74, 6) is -0.917. The number of carbonyl (C=O) groups is 1. The Labute approximate surface area is 164 Å². The van der Waals surface area contributed by atoms with E-state index in [9.17, 15) is 27.5 Å². The van der Waals surface area contributed by atoms with Gasteiger partial charge in [0.2, 0.25) is 5.60 Å². The van der Waals surface area contributed by atoms with Crippen molar-refractivity contribution in [3.05, 3.63) is 42.2 Å². The molecule has 1 unspecified atom stereocenters. The highest BCUT2D eigenvalue weighted by molar-refractivity contribution is 5.85. The molecule has 0 aliphatic carbocycles.